The molecule has 0 aliphatic heterocycles. The predicted octanol–water partition coefficient (Wildman–Crippen LogP) is 3.81. The number of allylic oxidation sites excluding steroid dienone is 4. The van der Waals surface area contributed by atoms with Gasteiger partial charge in [-0.1, -0.05) is 48.1 Å². The van der Waals surface area contributed by atoms with E-state index >= 15 is 0 Å². The third-order valence-corrected chi connectivity index (χ3v) is 2.43. The molecule has 1 aromatic carbocycles. The Hall–Kier alpha value is -1.30. The smallest absolute Gasteiger partial charge is 0.0224 e. The normalized spacial score (nSPS) is 16.4. The summed E-state index contributed by atoms with van der Waals surface area (Å²) in [5.74, 6) is 0. The minimum absolute atomic E-state index is 1.18. The molecule has 1 aliphatic rings. The molecule has 0 unspecified atom stereocenters. The summed E-state index contributed by atoms with van der Waals surface area (Å²) in [7, 11) is 0. The van der Waals surface area contributed by atoms with Gasteiger partial charge in [-0.05, 0) is 30.9 Å². The number of hydrogen-bond donors (Lipinski definition) is 0. The first kappa shape index (κ1) is 8.31. The molecule has 1 aromatic rings. The van der Waals surface area contributed by atoms with Crippen molar-refractivity contribution in [1.29, 1.82) is 0 Å². The molecular weight excluding hydrogens is 156 g/mol. The summed E-state index contributed by atoms with van der Waals surface area (Å²) in [6.45, 7) is 2.17. The van der Waals surface area contributed by atoms with E-state index in [0.29, 0.717) is 0 Å². The maximum absolute atomic E-state index is 2.30. The van der Waals surface area contributed by atoms with Gasteiger partial charge in [-0.15, -0.1) is 0 Å². The molecule has 66 valence electrons. The highest BCUT2D eigenvalue weighted by Crippen LogP contribution is 2.25. The Bertz CT molecular complexity index is 342. The molecule has 0 bridgehead atoms. The van der Waals surface area contributed by atoms with Crippen LogP contribution in [0, 0.1) is 0 Å². The van der Waals surface area contributed by atoms with Gasteiger partial charge in [0.25, 0.3) is 0 Å². The maximum atomic E-state index is 2.30. The molecule has 13 heavy (non-hydrogen) atoms. The monoisotopic (exact) mass is 170 g/mol. The van der Waals surface area contributed by atoms with Gasteiger partial charge in [0.15, 0.2) is 0 Å². The lowest BCUT2D eigenvalue weighted by Crippen LogP contribution is -1.89. The zero-order valence-corrected chi connectivity index (χ0v) is 7.96. The molecule has 0 heteroatoms. The van der Waals surface area contributed by atoms with E-state index in [1.807, 2.05) is 0 Å². The summed E-state index contributed by atoms with van der Waals surface area (Å²) < 4.78 is 0. The summed E-state index contributed by atoms with van der Waals surface area (Å²) in [5.41, 5.74) is 4.24. The second-order valence-corrected chi connectivity index (χ2v) is 3.52. The van der Waals surface area contributed by atoms with Crippen LogP contribution < -0.4 is 0 Å². The largest absolute Gasteiger partial charge is 0.0813 e. The quantitative estimate of drug-likeness (QED) is 0.601. The van der Waals surface area contributed by atoms with E-state index in [-0.39, 0.29) is 0 Å². The first-order valence-electron chi connectivity index (χ1n) is 4.79. The van der Waals surface area contributed by atoms with Gasteiger partial charge < -0.3 is 0 Å². The summed E-state index contributed by atoms with van der Waals surface area (Å²) in [4.78, 5) is 0. The molecule has 0 atom stereocenters. The van der Waals surface area contributed by atoms with Crippen LogP contribution >= 0.6 is 0 Å². The van der Waals surface area contributed by atoms with Crippen molar-refractivity contribution in [3.63, 3.8) is 0 Å². The second kappa shape index (κ2) is 3.61. The topological polar surface area (TPSA) is 0 Å². The lowest BCUT2D eigenvalue weighted by atomic mass is 9.94. The Kier molecular flexibility index (Phi) is 2.31. The fourth-order valence-electron chi connectivity index (χ4n) is 1.74. The lowest BCUT2D eigenvalue weighted by molar-refractivity contribution is 1.03. The Morgan fingerprint density at radius 1 is 1.08 bits per heavy atom. The molecule has 0 saturated carbocycles. The van der Waals surface area contributed by atoms with E-state index in [1.54, 1.807) is 0 Å². The van der Waals surface area contributed by atoms with Crippen molar-refractivity contribution >= 4 is 5.57 Å². The third-order valence-electron chi connectivity index (χ3n) is 2.43. The average molecular weight is 170 g/mol. The molecular formula is C13H14. The molecule has 0 aromatic heterocycles. The van der Waals surface area contributed by atoms with E-state index in [9.17, 15) is 0 Å². The summed E-state index contributed by atoms with van der Waals surface area (Å²) in [5, 5.41) is 0. The van der Waals surface area contributed by atoms with Gasteiger partial charge in [-0.2, -0.15) is 0 Å². The molecule has 0 heterocycles. The van der Waals surface area contributed by atoms with Gasteiger partial charge in [0.1, 0.15) is 0 Å². The maximum Gasteiger partial charge on any atom is -0.0224 e. The van der Waals surface area contributed by atoms with Crippen molar-refractivity contribution in [2.45, 2.75) is 19.8 Å². The third kappa shape index (κ3) is 1.89. The Morgan fingerprint density at radius 2 is 1.85 bits per heavy atom. The van der Waals surface area contributed by atoms with Gasteiger partial charge in [-0.3, -0.25) is 0 Å². The van der Waals surface area contributed by atoms with Gasteiger partial charge >= 0.3 is 0 Å². The molecule has 0 nitrogen and oxygen atoms in total. The molecule has 1 aliphatic carbocycles. The Labute approximate surface area is 79.6 Å². The SMILES string of the molecule is CC1=CCCC(c2ccccc2)=C1. The zero-order chi connectivity index (χ0) is 9.10. The highest BCUT2D eigenvalue weighted by Gasteiger charge is 2.03. The minimum atomic E-state index is 1.18. The highest BCUT2D eigenvalue weighted by atomic mass is 14.1. The second-order valence-electron chi connectivity index (χ2n) is 3.52. The van der Waals surface area contributed by atoms with Crippen LogP contribution in [0.1, 0.15) is 25.3 Å². The molecule has 0 fully saturated rings. The van der Waals surface area contributed by atoms with E-state index in [4.69, 9.17) is 0 Å². The predicted molar refractivity (Wildman–Crippen MR) is 57.4 cm³/mol. The number of hydrogen-bond acceptors (Lipinski definition) is 0. The van der Waals surface area contributed by atoms with E-state index in [0.717, 1.165) is 0 Å². The van der Waals surface area contributed by atoms with Gasteiger partial charge in [0.05, 0.1) is 0 Å². The molecule has 0 saturated heterocycles. The molecule has 0 spiro atoms. The van der Waals surface area contributed by atoms with Crippen LogP contribution in [0.25, 0.3) is 5.57 Å². The Morgan fingerprint density at radius 3 is 2.54 bits per heavy atom. The Balaban J connectivity index is 2.32. The molecule has 2 rings (SSSR count). The van der Waals surface area contributed by atoms with E-state index < -0.39 is 0 Å². The molecule has 0 radical (unpaired) electrons. The lowest BCUT2D eigenvalue weighted by Gasteiger charge is -2.11. The van der Waals surface area contributed by atoms with Crippen molar-refractivity contribution in [3.05, 3.63) is 53.6 Å². The van der Waals surface area contributed by atoms with Crippen LogP contribution in [0.15, 0.2) is 48.1 Å². The highest BCUT2D eigenvalue weighted by molar-refractivity contribution is 5.69. The van der Waals surface area contributed by atoms with Crippen molar-refractivity contribution in [1.82, 2.24) is 0 Å². The van der Waals surface area contributed by atoms with Crippen molar-refractivity contribution in [2.75, 3.05) is 0 Å². The van der Waals surface area contributed by atoms with Gasteiger partial charge in [-0.25, -0.2) is 0 Å². The van der Waals surface area contributed by atoms with E-state index in [2.05, 4.69) is 49.4 Å². The van der Waals surface area contributed by atoms with Crippen molar-refractivity contribution in [3.8, 4) is 0 Å². The van der Waals surface area contributed by atoms with Crippen molar-refractivity contribution < 1.29 is 0 Å². The van der Waals surface area contributed by atoms with Crippen LogP contribution in [0.5, 0.6) is 0 Å². The summed E-state index contributed by atoms with van der Waals surface area (Å²) >= 11 is 0. The van der Waals surface area contributed by atoms with Crippen LogP contribution in [-0.4, -0.2) is 0 Å². The average Bonchev–Trinajstić information content (AvgIpc) is 2.19. The number of benzene rings is 1. The minimum Gasteiger partial charge on any atom is -0.0813 e. The van der Waals surface area contributed by atoms with Crippen LogP contribution in [0.2, 0.25) is 0 Å². The van der Waals surface area contributed by atoms with Gasteiger partial charge in [0.2, 0.25) is 0 Å². The van der Waals surface area contributed by atoms with Crippen LogP contribution in [-0.2, 0) is 0 Å². The summed E-state index contributed by atoms with van der Waals surface area (Å²) in [6.07, 6.45) is 6.96. The zero-order valence-electron chi connectivity index (χ0n) is 7.96. The number of rotatable bonds is 1. The standard InChI is InChI=1S/C13H14/c1-11-6-5-9-13(10-11)12-7-3-2-4-8-12/h2-4,6-8,10H,5,9H2,1H3. The first-order chi connectivity index (χ1) is 6.36. The van der Waals surface area contributed by atoms with Gasteiger partial charge in [0, 0.05) is 0 Å². The van der Waals surface area contributed by atoms with Crippen LogP contribution in [0.3, 0.4) is 0 Å². The fraction of sp³-hybridized carbons (Fsp3) is 0.231. The van der Waals surface area contributed by atoms with E-state index in [1.165, 1.54) is 29.6 Å². The summed E-state index contributed by atoms with van der Waals surface area (Å²) in [6, 6.07) is 10.6. The van der Waals surface area contributed by atoms with Crippen LogP contribution in [0.4, 0.5) is 0 Å². The fourth-order valence-corrected chi connectivity index (χ4v) is 1.74. The molecule has 0 N–H and O–H groups in total. The first-order valence-corrected chi connectivity index (χ1v) is 4.79. The molecule has 0 amide bonds. The van der Waals surface area contributed by atoms with Crippen molar-refractivity contribution in [2.24, 2.45) is 0 Å².